The van der Waals surface area contributed by atoms with Crippen LogP contribution in [-0.2, 0) is 24.3 Å². The molecule has 28 heavy (non-hydrogen) atoms. The normalized spacial score (nSPS) is 13.6. The number of hydrogen-bond donors (Lipinski definition) is 1. The highest BCUT2D eigenvalue weighted by molar-refractivity contribution is 9.10. The molecule has 1 aliphatic heterocycles. The Bertz CT molecular complexity index is 1040. The van der Waals surface area contributed by atoms with Gasteiger partial charge in [-0.15, -0.1) is 10.2 Å². The predicted octanol–water partition coefficient (Wildman–Crippen LogP) is 3.03. The first-order valence-electron chi connectivity index (χ1n) is 8.97. The van der Waals surface area contributed by atoms with Gasteiger partial charge in [0.2, 0.25) is 5.91 Å². The van der Waals surface area contributed by atoms with Gasteiger partial charge in [0.05, 0.1) is 17.2 Å². The number of benzene rings is 1. The Kier molecular flexibility index (Phi) is 5.34. The molecular weight excluding hydrogens is 427 g/mol. The van der Waals surface area contributed by atoms with E-state index in [2.05, 4.69) is 41.1 Å². The molecular formula is C19H18BrFN6O. The fourth-order valence-electron chi connectivity index (χ4n) is 3.14. The van der Waals surface area contributed by atoms with Crippen LogP contribution in [-0.4, -0.2) is 30.5 Å². The van der Waals surface area contributed by atoms with E-state index < -0.39 is 5.82 Å². The van der Waals surface area contributed by atoms with Crippen molar-refractivity contribution in [2.45, 2.75) is 32.4 Å². The van der Waals surface area contributed by atoms with Crippen LogP contribution < -0.4 is 5.32 Å². The Morgan fingerprint density at radius 1 is 1.32 bits per heavy atom. The second kappa shape index (κ2) is 8.05. The van der Waals surface area contributed by atoms with Gasteiger partial charge < -0.3 is 9.88 Å². The molecule has 0 aliphatic carbocycles. The number of aromatic nitrogens is 5. The van der Waals surface area contributed by atoms with Gasteiger partial charge in [0, 0.05) is 25.2 Å². The van der Waals surface area contributed by atoms with E-state index in [4.69, 9.17) is 0 Å². The highest BCUT2D eigenvalue weighted by Crippen LogP contribution is 2.18. The van der Waals surface area contributed by atoms with Crippen LogP contribution in [0.5, 0.6) is 0 Å². The number of rotatable bonds is 5. The van der Waals surface area contributed by atoms with Crippen molar-refractivity contribution in [1.29, 1.82) is 0 Å². The Hall–Kier alpha value is -2.81. The van der Waals surface area contributed by atoms with E-state index in [0.717, 1.165) is 41.9 Å². The summed E-state index contributed by atoms with van der Waals surface area (Å²) in [5, 5.41) is 15.2. The van der Waals surface area contributed by atoms with E-state index in [1.807, 2.05) is 0 Å². The molecule has 0 unspecified atom stereocenters. The third kappa shape index (κ3) is 4.04. The predicted molar refractivity (Wildman–Crippen MR) is 105 cm³/mol. The topological polar surface area (TPSA) is 77.6 Å². The summed E-state index contributed by atoms with van der Waals surface area (Å²) in [6, 6.07) is 4.71. The molecule has 4 rings (SSSR count). The zero-order valence-electron chi connectivity index (χ0n) is 15.0. The number of carbonyl (C=O) groups is 1. The highest BCUT2D eigenvalue weighted by Gasteiger charge is 2.15. The van der Waals surface area contributed by atoms with Crippen LogP contribution in [0.25, 0.3) is 11.8 Å². The number of carbonyl (C=O) groups excluding carboxylic acids is 1. The highest BCUT2D eigenvalue weighted by atomic mass is 79.9. The summed E-state index contributed by atoms with van der Waals surface area (Å²) in [7, 11) is 0. The zero-order chi connectivity index (χ0) is 19.5. The summed E-state index contributed by atoms with van der Waals surface area (Å²) in [6.45, 7) is 1.21. The van der Waals surface area contributed by atoms with Gasteiger partial charge in [-0.1, -0.05) is 6.07 Å². The van der Waals surface area contributed by atoms with Crippen LogP contribution >= 0.6 is 15.9 Å². The van der Waals surface area contributed by atoms with Crippen LogP contribution in [0, 0.1) is 5.82 Å². The molecule has 9 heteroatoms. The molecule has 2 aromatic heterocycles. The first kappa shape index (κ1) is 18.5. The molecule has 1 aromatic carbocycles. The Morgan fingerprint density at radius 2 is 2.21 bits per heavy atom. The molecule has 0 radical (unpaired) electrons. The summed E-state index contributed by atoms with van der Waals surface area (Å²) in [4.78, 5) is 12.1. The van der Waals surface area contributed by atoms with E-state index in [1.54, 1.807) is 30.6 Å². The number of nitrogens with one attached hydrogen (secondary N) is 1. The Morgan fingerprint density at radius 3 is 3.00 bits per heavy atom. The van der Waals surface area contributed by atoms with Gasteiger partial charge in [0.1, 0.15) is 17.3 Å². The lowest BCUT2D eigenvalue weighted by atomic mass is 10.1. The van der Waals surface area contributed by atoms with Crippen LogP contribution in [0.2, 0.25) is 0 Å². The standard InChI is InChI=1S/C19H18BrFN6O/c20-14-10-23-27(12-14)16-6-4-13(9-15(16)21)5-7-19(28)22-11-18-25-24-17-3-1-2-8-26(17)18/h4-7,9-10,12H,1-3,8,11H2,(H,22,28)/b7-5+. The minimum absolute atomic E-state index is 0.270. The third-order valence-electron chi connectivity index (χ3n) is 4.55. The van der Waals surface area contributed by atoms with Gasteiger partial charge in [0.25, 0.3) is 0 Å². The molecule has 0 spiro atoms. The van der Waals surface area contributed by atoms with E-state index in [0.29, 0.717) is 17.8 Å². The van der Waals surface area contributed by atoms with Crippen LogP contribution in [0.3, 0.4) is 0 Å². The Balaban J connectivity index is 1.38. The van der Waals surface area contributed by atoms with E-state index in [1.165, 1.54) is 16.8 Å². The molecule has 1 aliphatic rings. The monoisotopic (exact) mass is 444 g/mol. The van der Waals surface area contributed by atoms with Crippen molar-refractivity contribution in [2.24, 2.45) is 0 Å². The van der Waals surface area contributed by atoms with E-state index in [9.17, 15) is 9.18 Å². The first-order valence-corrected chi connectivity index (χ1v) is 9.76. The Labute approximate surface area is 169 Å². The van der Waals surface area contributed by atoms with Gasteiger partial charge in [-0.25, -0.2) is 9.07 Å². The maximum atomic E-state index is 14.3. The molecule has 0 saturated heterocycles. The molecule has 0 saturated carbocycles. The number of halogens is 2. The molecule has 7 nitrogen and oxygen atoms in total. The quantitative estimate of drug-likeness (QED) is 0.613. The maximum Gasteiger partial charge on any atom is 0.244 e. The van der Waals surface area contributed by atoms with E-state index >= 15 is 0 Å². The van der Waals surface area contributed by atoms with Crippen molar-refractivity contribution in [3.05, 3.63) is 64.2 Å². The average molecular weight is 445 g/mol. The summed E-state index contributed by atoms with van der Waals surface area (Å²) < 4.78 is 18.6. The minimum Gasteiger partial charge on any atom is -0.345 e. The minimum atomic E-state index is -0.423. The first-order chi connectivity index (χ1) is 13.6. The second-order valence-electron chi connectivity index (χ2n) is 6.51. The molecule has 0 fully saturated rings. The summed E-state index contributed by atoms with van der Waals surface area (Å²) in [5.41, 5.74) is 0.923. The lowest BCUT2D eigenvalue weighted by Gasteiger charge is -2.14. The smallest absolute Gasteiger partial charge is 0.244 e. The number of amides is 1. The summed E-state index contributed by atoms with van der Waals surface area (Å²) >= 11 is 3.29. The van der Waals surface area contributed by atoms with Crippen LogP contribution in [0.15, 0.2) is 41.1 Å². The lowest BCUT2D eigenvalue weighted by molar-refractivity contribution is -0.116. The second-order valence-corrected chi connectivity index (χ2v) is 7.42. The lowest BCUT2D eigenvalue weighted by Crippen LogP contribution is -2.24. The van der Waals surface area contributed by atoms with Crippen molar-refractivity contribution in [2.75, 3.05) is 0 Å². The molecule has 0 bridgehead atoms. The van der Waals surface area contributed by atoms with Crippen molar-refractivity contribution in [3.8, 4) is 5.69 Å². The van der Waals surface area contributed by atoms with Gasteiger partial charge >= 0.3 is 0 Å². The molecule has 1 N–H and O–H groups in total. The zero-order valence-corrected chi connectivity index (χ0v) is 16.6. The van der Waals surface area contributed by atoms with Crippen molar-refractivity contribution >= 4 is 27.9 Å². The number of aryl methyl sites for hydroxylation is 1. The van der Waals surface area contributed by atoms with Gasteiger partial charge in [-0.05, 0) is 52.5 Å². The van der Waals surface area contributed by atoms with Crippen LogP contribution in [0.4, 0.5) is 4.39 Å². The fraction of sp³-hybridized carbons (Fsp3) is 0.263. The molecule has 3 aromatic rings. The van der Waals surface area contributed by atoms with Gasteiger partial charge in [-0.3, -0.25) is 4.79 Å². The molecule has 1 amide bonds. The van der Waals surface area contributed by atoms with Crippen molar-refractivity contribution in [1.82, 2.24) is 29.9 Å². The summed E-state index contributed by atoms with van der Waals surface area (Å²) in [5.74, 6) is 1.05. The van der Waals surface area contributed by atoms with Gasteiger partial charge in [-0.2, -0.15) is 5.10 Å². The average Bonchev–Trinajstić information content (AvgIpc) is 3.31. The third-order valence-corrected chi connectivity index (χ3v) is 4.96. The molecule has 0 atom stereocenters. The number of hydrogen-bond acceptors (Lipinski definition) is 4. The molecule has 144 valence electrons. The molecule has 3 heterocycles. The number of nitrogens with zero attached hydrogens (tertiary/aromatic N) is 5. The van der Waals surface area contributed by atoms with Gasteiger partial charge in [0.15, 0.2) is 5.82 Å². The van der Waals surface area contributed by atoms with E-state index in [-0.39, 0.29) is 5.91 Å². The SMILES string of the molecule is O=C(/C=C/c1ccc(-n2cc(Br)cn2)c(F)c1)NCc1nnc2n1CCCC2. The van der Waals surface area contributed by atoms with Crippen molar-refractivity contribution < 1.29 is 9.18 Å². The largest absolute Gasteiger partial charge is 0.345 e. The fourth-order valence-corrected chi connectivity index (χ4v) is 3.43. The van der Waals surface area contributed by atoms with Crippen LogP contribution in [0.1, 0.15) is 30.1 Å². The number of fused-ring (bicyclic) bond motifs is 1. The van der Waals surface area contributed by atoms with Crippen molar-refractivity contribution in [3.63, 3.8) is 0 Å². The summed E-state index contributed by atoms with van der Waals surface area (Å²) in [6.07, 6.45) is 9.36. The maximum absolute atomic E-state index is 14.3.